The van der Waals surface area contributed by atoms with Crippen molar-refractivity contribution in [3.05, 3.63) is 11.9 Å². The highest BCUT2D eigenvalue weighted by molar-refractivity contribution is 5.29. The Labute approximate surface area is 110 Å². The lowest BCUT2D eigenvalue weighted by atomic mass is 9.94. The fourth-order valence-electron chi connectivity index (χ4n) is 2.96. The molecule has 2 N–H and O–H groups in total. The highest BCUT2D eigenvalue weighted by atomic mass is 16.5. The van der Waals surface area contributed by atoms with E-state index >= 15 is 0 Å². The van der Waals surface area contributed by atoms with Gasteiger partial charge in [-0.1, -0.05) is 12.8 Å². The summed E-state index contributed by atoms with van der Waals surface area (Å²) in [6.45, 7) is 4.32. The van der Waals surface area contributed by atoms with Crippen LogP contribution in [0.4, 0.5) is 0 Å². The van der Waals surface area contributed by atoms with Crippen molar-refractivity contribution in [3.8, 4) is 5.75 Å². The SMILES string of the molecule is COc1cnn(C(C)C)c1C1CCCCC(N)C1. The molecule has 0 aliphatic heterocycles. The van der Waals surface area contributed by atoms with Crippen LogP contribution in [0.2, 0.25) is 0 Å². The quantitative estimate of drug-likeness (QED) is 0.840. The van der Waals surface area contributed by atoms with Gasteiger partial charge in [0.1, 0.15) is 0 Å². The van der Waals surface area contributed by atoms with E-state index in [-0.39, 0.29) is 0 Å². The van der Waals surface area contributed by atoms with Crippen molar-refractivity contribution in [1.29, 1.82) is 0 Å². The van der Waals surface area contributed by atoms with Crippen LogP contribution in [0.3, 0.4) is 0 Å². The second-order valence-corrected chi connectivity index (χ2v) is 5.61. The topological polar surface area (TPSA) is 53.1 Å². The van der Waals surface area contributed by atoms with Gasteiger partial charge in [-0.15, -0.1) is 0 Å². The molecule has 1 aromatic heterocycles. The van der Waals surface area contributed by atoms with Gasteiger partial charge >= 0.3 is 0 Å². The van der Waals surface area contributed by atoms with Crippen molar-refractivity contribution in [1.82, 2.24) is 9.78 Å². The van der Waals surface area contributed by atoms with Crippen molar-refractivity contribution in [2.45, 2.75) is 64.0 Å². The molecule has 18 heavy (non-hydrogen) atoms. The number of hydrogen-bond donors (Lipinski definition) is 1. The highest BCUT2D eigenvalue weighted by Gasteiger charge is 2.26. The van der Waals surface area contributed by atoms with Crippen LogP contribution in [0, 0.1) is 0 Å². The van der Waals surface area contributed by atoms with E-state index in [0.717, 1.165) is 18.6 Å². The van der Waals surface area contributed by atoms with Gasteiger partial charge in [0.15, 0.2) is 5.75 Å². The number of methoxy groups -OCH3 is 1. The molecule has 1 aliphatic rings. The first kappa shape index (κ1) is 13.4. The van der Waals surface area contributed by atoms with E-state index in [9.17, 15) is 0 Å². The molecule has 1 heterocycles. The minimum absolute atomic E-state index is 0.317. The van der Waals surface area contributed by atoms with E-state index in [1.54, 1.807) is 7.11 Å². The Bertz CT molecular complexity index is 386. The van der Waals surface area contributed by atoms with E-state index in [2.05, 4.69) is 23.6 Å². The number of aromatic nitrogens is 2. The lowest BCUT2D eigenvalue weighted by Gasteiger charge is -2.21. The summed E-state index contributed by atoms with van der Waals surface area (Å²) in [6, 6.07) is 0.682. The van der Waals surface area contributed by atoms with Crippen LogP contribution in [0.25, 0.3) is 0 Å². The van der Waals surface area contributed by atoms with Gasteiger partial charge in [0.25, 0.3) is 0 Å². The summed E-state index contributed by atoms with van der Waals surface area (Å²) in [5.41, 5.74) is 7.42. The Morgan fingerprint density at radius 1 is 1.39 bits per heavy atom. The van der Waals surface area contributed by atoms with E-state index in [0.29, 0.717) is 18.0 Å². The van der Waals surface area contributed by atoms with Crippen molar-refractivity contribution < 1.29 is 4.74 Å². The average molecular weight is 251 g/mol. The Kier molecular flexibility index (Phi) is 4.27. The van der Waals surface area contributed by atoms with Gasteiger partial charge in [0.2, 0.25) is 0 Å². The molecule has 2 rings (SSSR count). The lowest BCUT2D eigenvalue weighted by molar-refractivity contribution is 0.386. The van der Waals surface area contributed by atoms with E-state index in [1.807, 2.05) is 6.20 Å². The molecular formula is C14H25N3O. The molecule has 4 nitrogen and oxygen atoms in total. The maximum Gasteiger partial charge on any atom is 0.160 e. The summed E-state index contributed by atoms with van der Waals surface area (Å²) in [7, 11) is 1.72. The molecule has 0 amide bonds. The maximum atomic E-state index is 6.18. The lowest BCUT2D eigenvalue weighted by Crippen LogP contribution is -2.22. The highest BCUT2D eigenvalue weighted by Crippen LogP contribution is 2.37. The average Bonchev–Trinajstić information content (AvgIpc) is 2.66. The molecule has 102 valence electrons. The summed E-state index contributed by atoms with van der Waals surface area (Å²) in [5, 5.41) is 4.47. The third kappa shape index (κ3) is 2.69. The first-order valence-electron chi connectivity index (χ1n) is 7.00. The molecule has 2 unspecified atom stereocenters. The second kappa shape index (κ2) is 5.74. The normalized spacial score (nSPS) is 25.2. The Balaban J connectivity index is 2.31. The third-order valence-electron chi connectivity index (χ3n) is 3.86. The zero-order valence-corrected chi connectivity index (χ0v) is 11.7. The maximum absolute atomic E-state index is 6.18. The summed E-state index contributed by atoms with van der Waals surface area (Å²) in [5.74, 6) is 1.41. The van der Waals surface area contributed by atoms with E-state index in [1.165, 1.54) is 25.0 Å². The van der Waals surface area contributed by atoms with Crippen LogP contribution in [-0.2, 0) is 0 Å². The predicted molar refractivity (Wildman–Crippen MR) is 73.0 cm³/mol. The Morgan fingerprint density at radius 3 is 2.78 bits per heavy atom. The molecule has 0 radical (unpaired) electrons. The van der Waals surface area contributed by atoms with Gasteiger partial charge in [-0.05, 0) is 33.1 Å². The molecule has 0 saturated heterocycles. The van der Waals surface area contributed by atoms with Gasteiger partial charge in [-0.25, -0.2) is 0 Å². The zero-order valence-electron chi connectivity index (χ0n) is 11.7. The molecule has 4 heteroatoms. The van der Waals surface area contributed by atoms with Crippen molar-refractivity contribution in [2.75, 3.05) is 7.11 Å². The van der Waals surface area contributed by atoms with Crippen LogP contribution in [0.5, 0.6) is 5.75 Å². The molecule has 2 atom stereocenters. The Morgan fingerprint density at radius 2 is 2.11 bits per heavy atom. The van der Waals surface area contributed by atoms with Crippen molar-refractivity contribution in [2.24, 2.45) is 5.73 Å². The Hall–Kier alpha value is -1.03. The predicted octanol–water partition coefficient (Wildman–Crippen LogP) is 2.85. The number of ether oxygens (including phenoxy) is 1. The second-order valence-electron chi connectivity index (χ2n) is 5.61. The van der Waals surface area contributed by atoms with Gasteiger partial charge in [0.05, 0.1) is 19.0 Å². The molecule has 0 aromatic carbocycles. The van der Waals surface area contributed by atoms with Gasteiger partial charge in [-0.3, -0.25) is 4.68 Å². The molecular weight excluding hydrogens is 226 g/mol. The van der Waals surface area contributed by atoms with E-state index in [4.69, 9.17) is 10.5 Å². The standard InChI is InChI=1S/C14H25N3O/c1-10(2)17-14(13(18-3)9-16-17)11-6-4-5-7-12(15)8-11/h9-12H,4-8,15H2,1-3H3. The first-order chi connectivity index (χ1) is 8.63. The first-order valence-corrected chi connectivity index (χ1v) is 7.00. The number of rotatable bonds is 3. The zero-order chi connectivity index (χ0) is 13.1. The number of nitrogens with zero attached hydrogens (tertiary/aromatic N) is 2. The number of nitrogens with two attached hydrogens (primary N) is 1. The smallest absolute Gasteiger partial charge is 0.160 e. The summed E-state index contributed by atoms with van der Waals surface area (Å²) in [4.78, 5) is 0. The third-order valence-corrected chi connectivity index (χ3v) is 3.86. The van der Waals surface area contributed by atoms with E-state index < -0.39 is 0 Å². The van der Waals surface area contributed by atoms with Crippen LogP contribution in [0.1, 0.15) is 63.6 Å². The molecule has 1 aliphatic carbocycles. The monoisotopic (exact) mass is 251 g/mol. The minimum atomic E-state index is 0.317. The largest absolute Gasteiger partial charge is 0.493 e. The molecule has 0 spiro atoms. The molecule has 0 bridgehead atoms. The van der Waals surface area contributed by atoms with Crippen molar-refractivity contribution >= 4 is 0 Å². The van der Waals surface area contributed by atoms with Crippen LogP contribution in [-0.4, -0.2) is 22.9 Å². The minimum Gasteiger partial charge on any atom is -0.493 e. The summed E-state index contributed by atoms with van der Waals surface area (Å²) >= 11 is 0. The molecule has 1 saturated carbocycles. The van der Waals surface area contributed by atoms with Crippen LogP contribution in [0.15, 0.2) is 6.20 Å². The molecule has 1 aromatic rings. The van der Waals surface area contributed by atoms with Crippen LogP contribution < -0.4 is 10.5 Å². The molecule has 1 fully saturated rings. The van der Waals surface area contributed by atoms with Gasteiger partial charge in [0, 0.05) is 18.0 Å². The van der Waals surface area contributed by atoms with Gasteiger partial charge in [-0.2, -0.15) is 5.10 Å². The van der Waals surface area contributed by atoms with Crippen LogP contribution >= 0.6 is 0 Å². The fourth-order valence-corrected chi connectivity index (χ4v) is 2.96. The summed E-state index contributed by atoms with van der Waals surface area (Å²) in [6.07, 6.45) is 7.73. The number of hydrogen-bond acceptors (Lipinski definition) is 3. The van der Waals surface area contributed by atoms with Crippen molar-refractivity contribution in [3.63, 3.8) is 0 Å². The van der Waals surface area contributed by atoms with Gasteiger partial charge < -0.3 is 10.5 Å². The fraction of sp³-hybridized carbons (Fsp3) is 0.786. The summed E-state index contributed by atoms with van der Waals surface area (Å²) < 4.78 is 7.58.